The van der Waals surface area contributed by atoms with Crippen molar-refractivity contribution in [2.45, 2.75) is 182 Å². The molecule has 0 saturated carbocycles. The third-order valence-electron chi connectivity index (χ3n) is 10.6. The highest BCUT2D eigenvalue weighted by Gasteiger charge is 2.13. The number of aryl methyl sites for hydroxylation is 3. The summed E-state index contributed by atoms with van der Waals surface area (Å²) in [6.07, 6.45) is 34.4. The van der Waals surface area contributed by atoms with Crippen LogP contribution in [0.5, 0.6) is 0 Å². The van der Waals surface area contributed by atoms with Crippen LogP contribution in [0.1, 0.15) is 150 Å². The number of nitrogens with one attached hydrogen (secondary N) is 3. The first-order valence-corrected chi connectivity index (χ1v) is 24.8. The van der Waals surface area contributed by atoms with Gasteiger partial charge in [-0.3, -0.25) is 4.79 Å². The van der Waals surface area contributed by atoms with Gasteiger partial charge in [-0.05, 0) is 39.2 Å². The Morgan fingerprint density at radius 1 is 0.514 bits per heavy atom. The van der Waals surface area contributed by atoms with Crippen LogP contribution >= 0.6 is 0 Å². The molecule has 2 atom stereocenters. The highest BCUT2D eigenvalue weighted by atomic mass is 79.9. The lowest BCUT2D eigenvalue weighted by molar-refractivity contribution is -0.697. The molecule has 0 aliphatic rings. The second-order valence-electron chi connectivity index (χ2n) is 17.0. The first-order valence-electron chi connectivity index (χ1n) is 24.8. The van der Waals surface area contributed by atoms with Gasteiger partial charge in [0.2, 0.25) is 18.5 Å². The number of unbranched alkanes of at least 4 members (excludes halogenated alkanes) is 15. The van der Waals surface area contributed by atoms with Crippen LogP contribution in [-0.4, -0.2) is 53.7 Å². The number of amides is 1. The predicted molar refractivity (Wildman–Crippen MR) is 270 cm³/mol. The summed E-state index contributed by atoms with van der Waals surface area (Å²) >= 11 is 0. The fourth-order valence-electron chi connectivity index (χ4n) is 6.50. The lowest BCUT2D eigenvalue weighted by Crippen LogP contribution is -3.00. The van der Waals surface area contributed by atoms with Crippen molar-refractivity contribution in [3.8, 4) is 0 Å². The van der Waals surface area contributed by atoms with E-state index in [1.807, 2.05) is 73.6 Å². The van der Waals surface area contributed by atoms with E-state index in [4.69, 9.17) is 9.47 Å². The first-order chi connectivity index (χ1) is 32.3. The molecule has 3 aromatic rings. The SMILES string of the molecule is C=C(C)C(=O)OC(O)CNc1cc[n+](CCCCCC)cc1.C=C(C)C(=O)OC(O)CNc1cc[n+](CCCCCCCCCCCC)cc1.C=CC(=O)Nc1cc[n+](CCCCCC)cc1.[Br-].[Br-].[Br-]. The average Bonchev–Trinajstić information content (AvgIpc) is 3.32. The minimum Gasteiger partial charge on any atom is -1.00 e. The summed E-state index contributed by atoms with van der Waals surface area (Å²) in [5.41, 5.74) is 3.09. The van der Waals surface area contributed by atoms with Crippen molar-refractivity contribution in [1.82, 2.24) is 0 Å². The van der Waals surface area contributed by atoms with E-state index in [0.29, 0.717) is 0 Å². The number of hydrogen-bond donors (Lipinski definition) is 5. The Balaban J connectivity index is -0.000000969. The van der Waals surface area contributed by atoms with Crippen LogP contribution in [0, 0.1) is 0 Å². The normalized spacial score (nSPS) is 10.8. The van der Waals surface area contributed by atoms with Gasteiger partial charge in [-0.1, -0.05) is 118 Å². The standard InChI is InChI=1S/C23H38N2O3.C17H26N2O3.C14H20N2O.3BrH/c1-4-5-6-7-8-9-10-11-12-13-16-25-17-14-21(15-18-25)24-19-22(26)28-23(27)20(2)3;1-4-5-6-7-10-19-11-8-15(9-12-19)18-13-16(20)22-17(21)14(2)3;1-3-5-6-7-10-16-11-8-13(9-12-16)15-14(17)4-2;;;/h14-15,17-18,22,26H,2,4-13,16,19H2,1,3H3;8-9,11-12,16,20H,2,4-7,10,13H2,1,3H3;4,8-9,11-12H,2-3,5-7,10H2,1H3;3*1H. The number of rotatable bonds is 33. The Labute approximate surface area is 452 Å². The molecule has 0 bridgehead atoms. The highest BCUT2D eigenvalue weighted by molar-refractivity contribution is 5.98. The minimum absolute atomic E-state index is 0. The molecule has 0 aliphatic carbocycles. The monoisotopic (exact) mass is 1170 g/mol. The van der Waals surface area contributed by atoms with Crippen molar-refractivity contribution in [3.63, 3.8) is 0 Å². The molecule has 3 aromatic heterocycles. The maximum atomic E-state index is 11.3. The summed E-state index contributed by atoms with van der Waals surface area (Å²) in [7, 11) is 0. The second-order valence-corrected chi connectivity index (χ2v) is 17.0. The fraction of sp³-hybridized carbons (Fsp3) is 0.556. The molecule has 70 heavy (non-hydrogen) atoms. The van der Waals surface area contributed by atoms with Crippen LogP contribution in [0.2, 0.25) is 0 Å². The van der Waals surface area contributed by atoms with E-state index in [1.165, 1.54) is 122 Å². The van der Waals surface area contributed by atoms with Crippen LogP contribution in [0.4, 0.5) is 17.1 Å². The van der Waals surface area contributed by atoms with E-state index in [0.717, 1.165) is 36.7 Å². The molecule has 3 heterocycles. The predicted octanol–water partition coefficient (Wildman–Crippen LogP) is 0.840. The number of ether oxygens (including phenoxy) is 2. The third kappa shape index (κ3) is 37.8. The Kier molecular flexibility index (Phi) is 46.3. The van der Waals surface area contributed by atoms with Gasteiger partial charge in [0, 0.05) is 78.2 Å². The quantitative estimate of drug-likeness (QED) is 0.0196. The Morgan fingerprint density at radius 2 is 0.786 bits per heavy atom. The van der Waals surface area contributed by atoms with Crippen LogP contribution in [0.25, 0.3) is 0 Å². The van der Waals surface area contributed by atoms with Crippen LogP contribution in [0.3, 0.4) is 0 Å². The Morgan fingerprint density at radius 3 is 1.07 bits per heavy atom. The zero-order chi connectivity index (χ0) is 49.5. The Bertz CT molecular complexity index is 1820. The lowest BCUT2D eigenvalue weighted by atomic mass is 10.1. The molecule has 0 saturated heterocycles. The topological polar surface area (TPSA) is 158 Å². The van der Waals surface area contributed by atoms with Gasteiger partial charge in [0.1, 0.15) is 19.6 Å². The number of aliphatic hydroxyl groups excluding tert-OH is 2. The number of halogens is 3. The summed E-state index contributed by atoms with van der Waals surface area (Å²) < 4.78 is 16.1. The average molecular weight is 1170 g/mol. The van der Waals surface area contributed by atoms with Gasteiger partial charge in [0.25, 0.3) is 0 Å². The third-order valence-corrected chi connectivity index (χ3v) is 10.6. The minimum atomic E-state index is -1.19. The number of anilines is 3. The van der Waals surface area contributed by atoms with Crippen molar-refractivity contribution >= 4 is 34.9 Å². The molecule has 0 aromatic carbocycles. The molecule has 3 rings (SSSR count). The molecular weight excluding hydrogens is 1080 g/mol. The van der Waals surface area contributed by atoms with Crippen LogP contribution in [-0.2, 0) is 43.5 Å². The summed E-state index contributed by atoms with van der Waals surface area (Å²) in [6, 6.07) is 11.6. The maximum Gasteiger partial charge on any atom is 0.335 e. The molecule has 0 radical (unpaired) electrons. The van der Waals surface area contributed by atoms with Gasteiger partial charge in [-0.25, -0.2) is 23.3 Å². The van der Waals surface area contributed by atoms with Crippen molar-refractivity contribution < 1.29 is 98.7 Å². The van der Waals surface area contributed by atoms with Gasteiger partial charge < -0.3 is 86.6 Å². The van der Waals surface area contributed by atoms with E-state index in [2.05, 4.69) is 70.2 Å². The molecule has 0 spiro atoms. The van der Waals surface area contributed by atoms with Gasteiger partial charge >= 0.3 is 11.9 Å². The maximum absolute atomic E-state index is 11.3. The molecule has 0 fully saturated rings. The van der Waals surface area contributed by atoms with Gasteiger partial charge in [0.15, 0.2) is 37.2 Å². The summed E-state index contributed by atoms with van der Waals surface area (Å²) in [5.74, 6) is -1.35. The van der Waals surface area contributed by atoms with E-state index >= 15 is 0 Å². The fourth-order valence-corrected chi connectivity index (χ4v) is 6.50. The highest BCUT2D eigenvalue weighted by Crippen LogP contribution is 2.11. The zero-order valence-electron chi connectivity index (χ0n) is 43.0. The van der Waals surface area contributed by atoms with E-state index in [9.17, 15) is 24.6 Å². The van der Waals surface area contributed by atoms with Crippen molar-refractivity contribution in [3.05, 3.63) is 111 Å². The van der Waals surface area contributed by atoms with Crippen molar-refractivity contribution in [2.75, 3.05) is 29.0 Å². The first kappa shape index (κ1) is 70.3. The molecule has 5 N–H and O–H groups in total. The second kappa shape index (κ2) is 46.1. The number of hydrogen-bond acceptors (Lipinski definition) is 9. The number of carbonyl (C=O) groups excluding carboxylic acids is 3. The number of nitrogens with zero attached hydrogens (tertiary/aromatic N) is 3. The van der Waals surface area contributed by atoms with Crippen molar-refractivity contribution in [1.29, 1.82) is 0 Å². The lowest BCUT2D eigenvalue weighted by Gasteiger charge is -2.13. The number of pyridine rings is 3. The number of aliphatic hydroxyl groups is 2. The van der Waals surface area contributed by atoms with E-state index < -0.39 is 24.5 Å². The molecule has 1 amide bonds. The van der Waals surface area contributed by atoms with Gasteiger partial charge in [-0.2, -0.15) is 0 Å². The Hall–Kier alpha value is -3.96. The van der Waals surface area contributed by atoms with Crippen molar-refractivity contribution in [2.24, 2.45) is 0 Å². The van der Waals surface area contributed by atoms with Crippen LogP contribution < -0.4 is 80.6 Å². The zero-order valence-corrected chi connectivity index (χ0v) is 47.7. The summed E-state index contributed by atoms with van der Waals surface area (Å²) in [4.78, 5) is 33.7. The van der Waals surface area contributed by atoms with E-state index in [1.54, 1.807) is 13.8 Å². The molecule has 13 nitrogen and oxygen atoms in total. The van der Waals surface area contributed by atoms with Gasteiger partial charge in [-0.15, -0.1) is 0 Å². The number of esters is 2. The molecule has 396 valence electrons. The summed E-state index contributed by atoms with van der Waals surface area (Å²) in [5, 5.41) is 28.1. The molecule has 0 aliphatic heterocycles. The summed E-state index contributed by atoms with van der Waals surface area (Å²) in [6.45, 7) is 23.5. The number of carbonyl (C=O) groups is 3. The molecular formula is C54H87Br3N6O7. The van der Waals surface area contributed by atoms with Crippen LogP contribution in [0.15, 0.2) is 111 Å². The number of aromatic nitrogens is 3. The van der Waals surface area contributed by atoms with E-state index in [-0.39, 0.29) is 81.1 Å². The molecule has 16 heteroatoms. The smallest absolute Gasteiger partial charge is 0.335 e. The van der Waals surface area contributed by atoms with Gasteiger partial charge in [0.05, 0.1) is 18.8 Å². The molecule has 2 unspecified atom stereocenters. The largest absolute Gasteiger partial charge is 1.00 e.